The van der Waals surface area contributed by atoms with E-state index in [-0.39, 0.29) is 5.56 Å². The Labute approximate surface area is 142 Å². The smallest absolute Gasteiger partial charge is 0.282 e. The highest BCUT2D eigenvalue weighted by Gasteiger charge is 2.34. The van der Waals surface area contributed by atoms with Crippen molar-refractivity contribution in [1.82, 2.24) is 9.78 Å². The maximum Gasteiger partial charge on any atom is 0.282 e. The van der Waals surface area contributed by atoms with Crippen LogP contribution in [0.2, 0.25) is 5.02 Å². The number of alkyl halides is 2. The lowest BCUT2D eigenvalue weighted by atomic mass is 10.0. The summed E-state index contributed by atoms with van der Waals surface area (Å²) < 4.78 is 33.1. The molecule has 0 bridgehead atoms. The van der Waals surface area contributed by atoms with Gasteiger partial charge in [-0.2, -0.15) is 5.10 Å². The van der Waals surface area contributed by atoms with E-state index in [0.29, 0.717) is 22.9 Å². The molecule has 0 aliphatic carbocycles. The predicted octanol–water partition coefficient (Wildman–Crippen LogP) is 3.98. The van der Waals surface area contributed by atoms with Gasteiger partial charge in [0.1, 0.15) is 17.0 Å². The molecule has 0 spiro atoms. The molecule has 8 heteroatoms. The number of aromatic nitrogens is 2. The molecule has 1 N–H and O–H groups in total. The molecule has 1 aliphatic rings. The molecule has 0 unspecified atom stereocenters. The average molecular weight is 356 g/mol. The molecule has 5 nitrogen and oxygen atoms in total. The molecular formula is C16H16ClF2N3O2. The predicted molar refractivity (Wildman–Crippen MR) is 86.0 cm³/mol. The highest BCUT2D eigenvalue weighted by Crippen LogP contribution is 2.44. The quantitative estimate of drug-likeness (QED) is 0.906. The van der Waals surface area contributed by atoms with Gasteiger partial charge in [-0.05, 0) is 26.0 Å². The molecule has 24 heavy (non-hydrogen) atoms. The Morgan fingerprint density at radius 2 is 2.17 bits per heavy atom. The van der Waals surface area contributed by atoms with E-state index in [0.717, 1.165) is 5.56 Å². The summed E-state index contributed by atoms with van der Waals surface area (Å²) in [5.74, 6) is -0.195. The summed E-state index contributed by atoms with van der Waals surface area (Å²) in [7, 11) is 1.48. The van der Waals surface area contributed by atoms with Gasteiger partial charge in [-0.3, -0.25) is 9.48 Å². The fourth-order valence-corrected chi connectivity index (χ4v) is 2.97. The lowest BCUT2D eigenvalue weighted by molar-refractivity contribution is 0.100. The summed E-state index contributed by atoms with van der Waals surface area (Å²) in [5, 5.41) is 6.80. The fraction of sp³-hybridized carbons (Fsp3) is 0.375. The first-order valence-electron chi connectivity index (χ1n) is 7.31. The highest BCUT2D eigenvalue weighted by atomic mass is 35.5. The standard InChI is InChI=1S/C16H16ClF2N3O2/c1-16(2)6-8-10(17)4-5-11(13(8)24-16)20-15(23)9-7-22(3)21-12(9)14(18)19/h4-5,7,14H,6H2,1-3H3,(H,20,23). The van der Waals surface area contributed by atoms with Crippen molar-refractivity contribution in [1.29, 1.82) is 0 Å². The molecule has 1 aromatic carbocycles. The number of benzene rings is 1. The lowest BCUT2D eigenvalue weighted by Crippen LogP contribution is -2.25. The molecule has 0 radical (unpaired) electrons. The van der Waals surface area contributed by atoms with Crippen molar-refractivity contribution in [3.63, 3.8) is 0 Å². The van der Waals surface area contributed by atoms with Crippen molar-refractivity contribution >= 4 is 23.2 Å². The summed E-state index contributed by atoms with van der Waals surface area (Å²) in [6.45, 7) is 3.82. The molecule has 128 valence electrons. The third-order valence-electron chi connectivity index (χ3n) is 3.74. The first-order valence-corrected chi connectivity index (χ1v) is 7.69. The molecule has 0 saturated carbocycles. The summed E-state index contributed by atoms with van der Waals surface area (Å²) in [4.78, 5) is 12.4. The van der Waals surface area contributed by atoms with Crippen LogP contribution in [0.25, 0.3) is 0 Å². The van der Waals surface area contributed by atoms with Crippen LogP contribution >= 0.6 is 11.6 Å². The molecule has 3 rings (SSSR count). The number of fused-ring (bicyclic) bond motifs is 1. The Kier molecular flexibility index (Phi) is 3.99. The van der Waals surface area contributed by atoms with Crippen molar-refractivity contribution in [3.05, 3.63) is 40.2 Å². The summed E-state index contributed by atoms with van der Waals surface area (Å²) >= 11 is 6.19. The maximum atomic E-state index is 13.0. The van der Waals surface area contributed by atoms with Gasteiger partial charge in [0.05, 0.1) is 11.3 Å². The Balaban J connectivity index is 1.94. The topological polar surface area (TPSA) is 56.2 Å². The summed E-state index contributed by atoms with van der Waals surface area (Å²) in [5.41, 5.74) is 0.0130. The van der Waals surface area contributed by atoms with Crippen LogP contribution in [0.1, 0.15) is 41.9 Å². The molecule has 0 fully saturated rings. The Bertz CT molecular complexity index is 818. The van der Waals surface area contributed by atoms with Gasteiger partial charge in [-0.15, -0.1) is 0 Å². The molecule has 0 saturated heterocycles. The second-order valence-electron chi connectivity index (χ2n) is 6.30. The van der Waals surface area contributed by atoms with Gasteiger partial charge in [-0.25, -0.2) is 8.78 Å². The minimum Gasteiger partial charge on any atom is -0.485 e. The van der Waals surface area contributed by atoms with E-state index in [4.69, 9.17) is 16.3 Å². The monoisotopic (exact) mass is 355 g/mol. The van der Waals surface area contributed by atoms with Crippen LogP contribution < -0.4 is 10.1 Å². The molecule has 2 aromatic rings. The normalized spacial score (nSPS) is 15.3. The van der Waals surface area contributed by atoms with Gasteiger partial charge in [0.15, 0.2) is 0 Å². The number of hydrogen-bond acceptors (Lipinski definition) is 3. The van der Waals surface area contributed by atoms with Crippen LogP contribution in [-0.2, 0) is 13.5 Å². The number of carbonyl (C=O) groups is 1. The SMILES string of the molecule is Cn1cc(C(=O)Nc2ccc(Cl)c3c2OC(C)(C)C3)c(C(F)F)n1. The fourth-order valence-electron chi connectivity index (χ4n) is 2.75. The Hall–Kier alpha value is -2.15. The van der Waals surface area contributed by atoms with Gasteiger partial charge >= 0.3 is 0 Å². The van der Waals surface area contributed by atoms with Gasteiger partial charge in [0.25, 0.3) is 12.3 Å². The van der Waals surface area contributed by atoms with Crippen LogP contribution in [-0.4, -0.2) is 21.3 Å². The van der Waals surface area contributed by atoms with E-state index >= 15 is 0 Å². The van der Waals surface area contributed by atoms with Gasteiger partial charge in [0.2, 0.25) is 0 Å². The molecule has 1 aromatic heterocycles. The number of aryl methyl sites for hydroxylation is 1. The van der Waals surface area contributed by atoms with Gasteiger partial charge < -0.3 is 10.1 Å². The highest BCUT2D eigenvalue weighted by molar-refractivity contribution is 6.31. The van der Waals surface area contributed by atoms with E-state index in [1.807, 2.05) is 13.8 Å². The van der Waals surface area contributed by atoms with Crippen LogP contribution in [0.4, 0.5) is 14.5 Å². The van der Waals surface area contributed by atoms with Crippen LogP contribution in [0.3, 0.4) is 0 Å². The minimum absolute atomic E-state index is 0.173. The summed E-state index contributed by atoms with van der Waals surface area (Å²) in [6, 6.07) is 3.25. The molecular weight excluding hydrogens is 340 g/mol. The third-order valence-corrected chi connectivity index (χ3v) is 4.10. The number of nitrogens with one attached hydrogen (secondary N) is 1. The van der Waals surface area contributed by atoms with Crippen molar-refractivity contribution in [2.75, 3.05) is 5.32 Å². The zero-order chi connectivity index (χ0) is 17.6. The van der Waals surface area contributed by atoms with Crippen LogP contribution in [0.5, 0.6) is 5.75 Å². The largest absolute Gasteiger partial charge is 0.485 e. The zero-order valence-electron chi connectivity index (χ0n) is 13.4. The molecule has 2 heterocycles. The first kappa shape index (κ1) is 16.7. The van der Waals surface area contributed by atoms with Crippen molar-refractivity contribution < 1.29 is 18.3 Å². The van der Waals surface area contributed by atoms with E-state index in [1.165, 1.54) is 17.9 Å². The lowest BCUT2D eigenvalue weighted by Gasteiger charge is -2.18. The van der Waals surface area contributed by atoms with Crippen LogP contribution in [0, 0.1) is 0 Å². The van der Waals surface area contributed by atoms with E-state index < -0.39 is 23.6 Å². The average Bonchev–Trinajstić information content (AvgIpc) is 3.02. The maximum absolute atomic E-state index is 13.0. The number of ether oxygens (including phenoxy) is 1. The first-order chi connectivity index (χ1) is 11.2. The second-order valence-corrected chi connectivity index (χ2v) is 6.70. The summed E-state index contributed by atoms with van der Waals surface area (Å²) in [6.07, 6.45) is -0.976. The van der Waals surface area contributed by atoms with E-state index in [2.05, 4.69) is 10.4 Å². The second kappa shape index (κ2) is 5.73. The van der Waals surface area contributed by atoms with Gasteiger partial charge in [0, 0.05) is 30.3 Å². The zero-order valence-corrected chi connectivity index (χ0v) is 14.1. The number of anilines is 1. The number of amides is 1. The number of rotatable bonds is 3. The van der Waals surface area contributed by atoms with E-state index in [9.17, 15) is 13.6 Å². The number of hydrogen-bond donors (Lipinski definition) is 1. The van der Waals surface area contributed by atoms with E-state index in [1.54, 1.807) is 12.1 Å². The Morgan fingerprint density at radius 3 is 2.83 bits per heavy atom. The van der Waals surface area contributed by atoms with Crippen molar-refractivity contribution in [2.24, 2.45) is 7.05 Å². The number of halogens is 3. The Morgan fingerprint density at radius 1 is 1.46 bits per heavy atom. The van der Waals surface area contributed by atoms with Crippen molar-refractivity contribution in [2.45, 2.75) is 32.3 Å². The third kappa shape index (κ3) is 2.96. The molecule has 0 atom stereocenters. The molecule has 1 amide bonds. The number of nitrogens with zero attached hydrogens (tertiary/aromatic N) is 2. The van der Waals surface area contributed by atoms with Crippen LogP contribution in [0.15, 0.2) is 18.3 Å². The minimum atomic E-state index is -2.84. The number of carbonyl (C=O) groups excluding carboxylic acids is 1. The molecule has 1 aliphatic heterocycles. The van der Waals surface area contributed by atoms with Crippen molar-refractivity contribution in [3.8, 4) is 5.75 Å². The van der Waals surface area contributed by atoms with Gasteiger partial charge in [-0.1, -0.05) is 11.6 Å².